The van der Waals surface area contributed by atoms with Gasteiger partial charge in [-0.25, -0.2) is 4.79 Å². The minimum absolute atomic E-state index is 0.212. The molecule has 1 saturated heterocycles. The average molecular weight is 235 g/mol. The van der Waals surface area contributed by atoms with E-state index in [2.05, 4.69) is 5.32 Å². The van der Waals surface area contributed by atoms with Crippen molar-refractivity contribution in [3.63, 3.8) is 0 Å². The third-order valence-corrected chi connectivity index (χ3v) is 2.93. The first kappa shape index (κ1) is 11.4. The van der Waals surface area contributed by atoms with Crippen LogP contribution in [0.25, 0.3) is 0 Å². The van der Waals surface area contributed by atoms with Gasteiger partial charge >= 0.3 is 5.97 Å². The molecule has 1 aromatic carbocycles. The van der Waals surface area contributed by atoms with Crippen LogP contribution in [0, 0.1) is 0 Å². The van der Waals surface area contributed by atoms with Crippen LogP contribution in [0.1, 0.15) is 17.9 Å². The Morgan fingerprint density at radius 1 is 1.41 bits per heavy atom. The highest BCUT2D eigenvalue weighted by Gasteiger charge is 2.38. The molecule has 0 spiro atoms. The Labute approximate surface area is 98.4 Å². The van der Waals surface area contributed by atoms with E-state index in [1.54, 1.807) is 31.4 Å². The lowest BCUT2D eigenvalue weighted by Gasteiger charge is -2.15. The van der Waals surface area contributed by atoms with Crippen molar-refractivity contribution < 1.29 is 19.4 Å². The van der Waals surface area contributed by atoms with Crippen LogP contribution in [-0.2, 0) is 9.59 Å². The first-order valence-corrected chi connectivity index (χ1v) is 5.28. The Bertz CT molecular complexity index is 440. The van der Waals surface area contributed by atoms with Crippen LogP contribution >= 0.6 is 0 Å². The number of carbonyl (C=O) groups is 2. The van der Waals surface area contributed by atoms with E-state index in [0.29, 0.717) is 5.75 Å². The Morgan fingerprint density at radius 2 is 2.06 bits per heavy atom. The van der Waals surface area contributed by atoms with E-state index in [9.17, 15) is 9.59 Å². The van der Waals surface area contributed by atoms with Gasteiger partial charge in [-0.2, -0.15) is 0 Å². The van der Waals surface area contributed by atoms with E-state index >= 15 is 0 Å². The molecule has 17 heavy (non-hydrogen) atoms. The van der Waals surface area contributed by atoms with Gasteiger partial charge in [0.2, 0.25) is 5.91 Å². The lowest BCUT2D eigenvalue weighted by Crippen LogP contribution is -2.35. The van der Waals surface area contributed by atoms with Crippen molar-refractivity contribution in [1.82, 2.24) is 5.32 Å². The maximum absolute atomic E-state index is 11.3. The molecule has 2 N–H and O–H groups in total. The number of aliphatic carboxylic acids is 1. The van der Waals surface area contributed by atoms with Gasteiger partial charge in [0.05, 0.1) is 7.11 Å². The fraction of sp³-hybridized carbons (Fsp3) is 0.333. The lowest BCUT2D eigenvalue weighted by atomic mass is 9.92. The summed E-state index contributed by atoms with van der Waals surface area (Å²) < 4.78 is 5.03. The second-order valence-electron chi connectivity index (χ2n) is 3.97. The van der Waals surface area contributed by atoms with E-state index in [1.165, 1.54) is 0 Å². The number of methoxy groups -OCH3 is 1. The summed E-state index contributed by atoms with van der Waals surface area (Å²) in [5, 5.41) is 11.5. The number of carbonyl (C=O) groups excluding carboxylic acids is 1. The van der Waals surface area contributed by atoms with E-state index in [4.69, 9.17) is 9.84 Å². The van der Waals surface area contributed by atoms with Crippen molar-refractivity contribution in [2.45, 2.75) is 18.4 Å². The molecule has 1 aliphatic rings. The van der Waals surface area contributed by atoms with Crippen LogP contribution in [0.4, 0.5) is 0 Å². The molecule has 5 nitrogen and oxygen atoms in total. The number of amides is 1. The zero-order valence-electron chi connectivity index (χ0n) is 9.34. The second kappa shape index (κ2) is 4.45. The zero-order valence-corrected chi connectivity index (χ0v) is 9.34. The molecule has 0 aliphatic carbocycles. The Kier molecular flexibility index (Phi) is 2.99. The van der Waals surface area contributed by atoms with Gasteiger partial charge in [-0.15, -0.1) is 0 Å². The molecule has 1 amide bonds. The number of carboxylic acids is 1. The Morgan fingerprint density at radius 3 is 2.59 bits per heavy atom. The molecule has 0 aromatic heterocycles. The first-order chi connectivity index (χ1) is 8.11. The largest absolute Gasteiger partial charge is 0.497 e. The molecule has 1 heterocycles. The number of nitrogens with one attached hydrogen (secondary N) is 1. The first-order valence-electron chi connectivity index (χ1n) is 5.28. The molecule has 0 bridgehead atoms. The topological polar surface area (TPSA) is 75.6 Å². The quantitative estimate of drug-likeness (QED) is 0.810. The van der Waals surface area contributed by atoms with Crippen LogP contribution in [0.15, 0.2) is 24.3 Å². The molecule has 0 radical (unpaired) electrons. The maximum atomic E-state index is 11.3. The van der Waals surface area contributed by atoms with Gasteiger partial charge in [0.1, 0.15) is 11.8 Å². The number of benzene rings is 1. The third kappa shape index (κ3) is 2.22. The molecule has 5 heteroatoms. The van der Waals surface area contributed by atoms with Crippen LogP contribution in [0.2, 0.25) is 0 Å². The van der Waals surface area contributed by atoms with Crippen LogP contribution in [0.5, 0.6) is 5.75 Å². The number of hydrogen-bond acceptors (Lipinski definition) is 3. The predicted molar refractivity (Wildman–Crippen MR) is 59.9 cm³/mol. The van der Waals surface area contributed by atoms with Gasteiger partial charge in [-0.3, -0.25) is 4.79 Å². The van der Waals surface area contributed by atoms with Gasteiger partial charge in [-0.05, 0) is 17.7 Å². The summed E-state index contributed by atoms with van der Waals surface area (Å²) in [6, 6.07) is 6.27. The molecule has 2 rings (SSSR count). The molecule has 0 unspecified atom stereocenters. The number of ether oxygens (including phenoxy) is 1. The van der Waals surface area contributed by atoms with E-state index in [-0.39, 0.29) is 18.2 Å². The smallest absolute Gasteiger partial charge is 0.326 e. The normalized spacial score (nSPS) is 23.2. The highest BCUT2D eigenvalue weighted by molar-refractivity contribution is 5.89. The molecule has 1 aromatic rings. The zero-order chi connectivity index (χ0) is 12.4. The number of rotatable bonds is 3. The molecule has 2 atom stereocenters. The van der Waals surface area contributed by atoms with Crippen molar-refractivity contribution >= 4 is 11.9 Å². The summed E-state index contributed by atoms with van der Waals surface area (Å²) in [6.07, 6.45) is 0.212. The predicted octanol–water partition coefficient (Wildman–Crippen LogP) is 0.752. The van der Waals surface area contributed by atoms with Crippen molar-refractivity contribution in [1.29, 1.82) is 0 Å². The van der Waals surface area contributed by atoms with Gasteiger partial charge in [0.25, 0.3) is 0 Å². The van der Waals surface area contributed by atoms with Gasteiger partial charge < -0.3 is 15.2 Å². The monoisotopic (exact) mass is 235 g/mol. The Balaban J connectivity index is 2.25. The number of carboxylic acid groups (broad SMARTS) is 1. The standard InChI is InChI=1S/C12H13NO4/c1-17-8-4-2-7(3-5-8)9-6-10(14)13-11(9)12(15)16/h2-5,9,11H,6H2,1H3,(H,13,14)(H,15,16)/t9-,11-/m1/s1. The SMILES string of the molecule is COc1ccc([C@H]2CC(=O)N[C@H]2C(=O)O)cc1. The van der Waals surface area contributed by atoms with Crippen molar-refractivity contribution in [2.75, 3.05) is 7.11 Å². The van der Waals surface area contributed by atoms with Crippen molar-refractivity contribution in [3.05, 3.63) is 29.8 Å². The molecular formula is C12H13NO4. The molecule has 1 fully saturated rings. The summed E-state index contributed by atoms with van der Waals surface area (Å²) >= 11 is 0. The molecule has 0 saturated carbocycles. The van der Waals surface area contributed by atoms with Crippen LogP contribution in [-0.4, -0.2) is 30.1 Å². The second-order valence-corrected chi connectivity index (χ2v) is 3.97. The summed E-state index contributed by atoms with van der Waals surface area (Å²) in [7, 11) is 1.57. The third-order valence-electron chi connectivity index (χ3n) is 2.93. The van der Waals surface area contributed by atoms with E-state index in [1.807, 2.05) is 0 Å². The van der Waals surface area contributed by atoms with E-state index < -0.39 is 12.0 Å². The van der Waals surface area contributed by atoms with Crippen molar-refractivity contribution in [2.24, 2.45) is 0 Å². The highest BCUT2D eigenvalue weighted by Crippen LogP contribution is 2.29. The minimum Gasteiger partial charge on any atom is -0.497 e. The summed E-state index contributed by atoms with van der Waals surface area (Å²) in [6.45, 7) is 0. The molecule has 1 aliphatic heterocycles. The fourth-order valence-electron chi connectivity index (χ4n) is 2.05. The lowest BCUT2D eigenvalue weighted by molar-refractivity contribution is -0.140. The van der Waals surface area contributed by atoms with Crippen molar-refractivity contribution in [3.8, 4) is 5.75 Å². The summed E-state index contributed by atoms with van der Waals surface area (Å²) in [5.41, 5.74) is 0.830. The summed E-state index contributed by atoms with van der Waals surface area (Å²) in [4.78, 5) is 22.3. The average Bonchev–Trinajstić information content (AvgIpc) is 2.72. The Hall–Kier alpha value is -2.04. The van der Waals surface area contributed by atoms with E-state index in [0.717, 1.165) is 5.56 Å². The van der Waals surface area contributed by atoms with Gasteiger partial charge in [0, 0.05) is 12.3 Å². The fourth-order valence-corrected chi connectivity index (χ4v) is 2.05. The highest BCUT2D eigenvalue weighted by atomic mass is 16.5. The number of hydrogen-bond donors (Lipinski definition) is 2. The van der Waals surface area contributed by atoms with Gasteiger partial charge in [-0.1, -0.05) is 12.1 Å². The molecule has 90 valence electrons. The maximum Gasteiger partial charge on any atom is 0.326 e. The van der Waals surface area contributed by atoms with Crippen LogP contribution in [0.3, 0.4) is 0 Å². The summed E-state index contributed by atoms with van der Waals surface area (Å²) in [5.74, 6) is -0.835. The minimum atomic E-state index is -1.00. The molecular weight excluding hydrogens is 222 g/mol. The van der Waals surface area contributed by atoms with Crippen LogP contribution < -0.4 is 10.1 Å². The van der Waals surface area contributed by atoms with Gasteiger partial charge in [0.15, 0.2) is 0 Å².